The zero-order valence-electron chi connectivity index (χ0n) is 15.2. The van der Waals surface area contributed by atoms with Crippen LogP contribution in [0.4, 0.5) is 5.69 Å². The maximum Gasteiger partial charge on any atom is 0.258 e. The molecule has 28 heavy (non-hydrogen) atoms. The third kappa shape index (κ3) is 4.26. The van der Waals surface area contributed by atoms with Crippen LogP contribution >= 0.6 is 34.4 Å². The molecule has 0 bridgehead atoms. The fourth-order valence-electron chi connectivity index (χ4n) is 2.70. The molecule has 9 heteroatoms. The smallest absolute Gasteiger partial charge is 0.258 e. The Morgan fingerprint density at radius 1 is 1.29 bits per heavy atom. The van der Waals surface area contributed by atoms with Crippen molar-refractivity contribution in [1.82, 2.24) is 14.4 Å². The molecule has 0 unspecified atom stereocenters. The first kappa shape index (κ1) is 19.1. The molecule has 3 aromatic heterocycles. The minimum absolute atomic E-state index is 0.0432. The van der Waals surface area contributed by atoms with E-state index in [4.69, 9.17) is 0 Å². The lowest BCUT2D eigenvalue weighted by molar-refractivity contribution is -0.116. The van der Waals surface area contributed by atoms with Crippen LogP contribution in [-0.2, 0) is 10.5 Å². The van der Waals surface area contributed by atoms with Gasteiger partial charge in [-0.15, -0.1) is 22.7 Å². The van der Waals surface area contributed by atoms with Crippen LogP contribution in [0.15, 0.2) is 45.0 Å². The number of carbonyl (C=O) groups is 1. The Kier molecular flexibility index (Phi) is 5.74. The highest BCUT2D eigenvalue weighted by molar-refractivity contribution is 8.00. The van der Waals surface area contributed by atoms with E-state index in [2.05, 4.69) is 22.2 Å². The second-order valence-corrected chi connectivity index (χ2v) is 9.37. The summed E-state index contributed by atoms with van der Waals surface area (Å²) in [4.78, 5) is 33.9. The number of hydrogen-bond donors (Lipinski definition) is 1. The summed E-state index contributed by atoms with van der Waals surface area (Å²) in [6.07, 6.45) is 4.17. The molecule has 1 aromatic carbocycles. The Labute approximate surface area is 173 Å². The van der Waals surface area contributed by atoms with E-state index >= 15 is 0 Å². The van der Waals surface area contributed by atoms with Crippen LogP contribution in [0.3, 0.4) is 0 Å². The molecule has 1 N–H and O–H groups in total. The summed E-state index contributed by atoms with van der Waals surface area (Å²) in [7, 11) is 0. The number of anilines is 1. The summed E-state index contributed by atoms with van der Waals surface area (Å²) in [6, 6.07) is 7.34. The Balaban J connectivity index is 1.46. The van der Waals surface area contributed by atoms with Crippen LogP contribution in [0, 0.1) is 0 Å². The van der Waals surface area contributed by atoms with Crippen molar-refractivity contribution in [3.05, 3.63) is 51.9 Å². The minimum atomic E-state index is -0.0605. The summed E-state index contributed by atoms with van der Waals surface area (Å²) < 4.78 is 3.49. The quantitative estimate of drug-likeness (QED) is 0.427. The number of rotatable bonds is 7. The van der Waals surface area contributed by atoms with Gasteiger partial charge in [-0.1, -0.05) is 25.1 Å². The van der Waals surface area contributed by atoms with Gasteiger partial charge in [0.25, 0.3) is 5.56 Å². The van der Waals surface area contributed by atoms with Gasteiger partial charge in [-0.2, -0.15) is 0 Å². The fourth-order valence-corrected chi connectivity index (χ4v) is 5.44. The molecule has 3 heterocycles. The molecule has 0 atom stereocenters. The van der Waals surface area contributed by atoms with Crippen molar-refractivity contribution in [2.45, 2.75) is 36.3 Å². The number of unbranched alkanes of at least 4 members (excludes halogenated alkanes) is 1. The van der Waals surface area contributed by atoms with Crippen molar-refractivity contribution in [3.63, 3.8) is 0 Å². The Morgan fingerprint density at radius 3 is 3.04 bits per heavy atom. The summed E-state index contributed by atoms with van der Waals surface area (Å²) in [5.41, 5.74) is 2.39. The van der Waals surface area contributed by atoms with Gasteiger partial charge < -0.3 is 5.32 Å². The maximum atomic E-state index is 12.1. The zero-order valence-corrected chi connectivity index (χ0v) is 17.6. The number of fused-ring (bicyclic) bond motifs is 2. The third-order valence-electron chi connectivity index (χ3n) is 4.11. The van der Waals surface area contributed by atoms with Crippen molar-refractivity contribution >= 4 is 61.2 Å². The monoisotopic (exact) mass is 430 g/mol. The van der Waals surface area contributed by atoms with E-state index in [1.165, 1.54) is 11.3 Å². The van der Waals surface area contributed by atoms with Gasteiger partial charge in [0.1, 0.15) is 0 Å². The van der Waals surface area contributed by atoms with Crippen molar-refractivity contribution in [2.75, 3.05) is 5.32 Å². The lowest BCUT2D eigenvalue weighted by atomic mass is 10.2. The predicted molar refractivity (Wildman–Crippen MR) is 117 cm³/mol. The average Bonchev–Trinajstić information content (AvgIpc) is 3.31. The second-order valence-electron chi connectivity index (χ2n) is 6.24. The van der Waals surface area contributed by atoms with Crippen LogP contribution in [-0.4, -0.2) is 20.3 Å². The van der Waals surface area contributed by atoms with Crippen LogP contribution < -0.4 is 10.9 Å². The third-order valence-corrected chi connectivity index (χ3v) is 7.06. The van der Waals surface area contributed by atoms with Gasteiger partial charge in [0, 0.05) is 35.5 Å². The number of amides is 1. The van der Waals surface area contributed by atoms with Gasteiger partial charge >= 0.3 is 0 Å². The number of aromatic nitrogens is 3. The molecule has 4 rings (SSSR count). The largest absolute Gasteiger partial charge is 0.326 e. The molecule has 6 nitrogen and oxygen atoms in total. The van der Waals surface area contributed by atoms with Crippen molar-refractivity contribution in [1.29, 1.82) is 0 Å². The van der Waals surface area contributed by atoms with E-state index in [9.17, 15) is 9.59 Å². The van der Waals surface area contributed by atoms with Crippen LogP contribution in [0.2, 0.25) is 0 Å². The second kappa shape index (κ2) is 8.42. The van der Waals surface area contributed by atoms with Crippen molar-refractivity contribution in [3.8, 4) is 0 Å². The standard InChI is InChI=1S/C19H18N4O2S3/c1-2-3-4-16(24)20-12-5-6-14-15(9-12)28-19(22-14)27-11-13-10-17(25)23-7-8-26-18(23)21-13/h5-10H,2-4,11H2,1H3,(H,20,24). The molecular weight excluding hydrogens is 412 g/mol. The van der Waals surface area contributed by atoms with Crippen LogP contribution in [0.1, 0.15) is 31.9 Å². The zero-order chi connectivity index (χ0) is 19.5. The summed E-state index contributed by atoms with van der Waals surface area (Å²) in [6.45, 7) is 2.07. The number of thioether (sulfide) groups is 1. The van der Waals surface area contributed by atoms with Gasteiger partial charge in [-0.3, -0.25) is 14.0 Å². The first-order chi connectivity index (χ1) is 13.6. The van der Waals surface area contributed by atoms with E-state index in [1.54, 1.807) is 39.8 Å². The number of benzene rings is 1. The minimum Gasteiger partial charge on any atom is -0.326 e. The Bertz CT molecular complexity index is 1190. The van der Waals surface area contributed by atoms with Crippen molar-refractivity contribution in [2.24, 2.45) is 0 Å². The first-order valence-electron chi connectivity index (χ1n) is 8.91. The first-order valence-corrected chi connectivity index (χ1v) is 11.6. The molecule has 0 fully saturated rings. The van der Waals surface area contributed by atoms with E-state index in [1.807, 2.05) is 23.6 Å². The molecule has 0 aliphatic rings. The SMILES string of the molecule is CCCCC(=O)Nc1ccc2nc(SCc3cc(=O)n4ccsc4n3)sc2c1. The van der Waals surface area contributed by atoms with Gasteiger partial charge in [0.05, 0.1) is 15.9 Å². The molecule has 144 valence electrons. The number of carbonyl (C=O) groups excluding carboxylic acids is 1. The predicted octanol–water partition coefficient (Wildman–Crippen LogP) is 4.79. The lowest BCUT2D eigenvalue weighted by Gasteiger charge is -2.04. The van der Waals surface area contributed by atoms with Gasteiger partial charge in [0.2, 0.25) is 5.91 Å². The highest BCUT2D eigenvalue weighted by atomic mass is 32.2. The average molecular weight is 431 g/mol. The fraction of sp³-hybridized carbons (Fsp3) is 0.263. The molecule has 0 aliphatic heterocycles. The Hall–Kier alpha value is -2.23. The number of nitrogens with one attached hydrogen (secondary N) is 1. The highest BCUT2D eigenvalue weighted by Crippen LogP contribution is 2.32. The van der Waals surface area contributed by atoms with Gasteiger partial charge in [0.15, 0.2) is 9.30 Å². The summed E-state index contributed by atoms with van der Waals surface area (Å²) >= 11 is 4.59. The van der Waals surface area contributed by atoms with Gasteiger partial charge in [-0.05, 0) is 24.6 Å². The molecule has 1 amide bonds. The number of thiazole rings is 2. The van der Waals surface area contributed by atoms with Crippen LogP contribution in [0.25, 0.3) is 15.2 Å². The van der Waals surface area contributed by atoms with Crippen molar-refractivity contribution < 1.29 is 4.79 Å². The maximum absolute atomic E-state index is 12.1. The lowest BCUT2D eigenvalue weighted by Crippen LogP contribution is -2.12. The van der Waals surface area contributed by atoms with Crippen LogP contribution in [0.5, 0.6) is 0 Å². The highest BCUT2D eigenvalue weighted by Gasteiger charge is 2.09. The normalized spacial score (nSPS) is 11.3. The van der Waals surface area contributed by atoms with E-state index in [-0.39, 0.29) is 11.5 Å². The number of hydrogen-bond acceptors (Lipinski definition) is 7. The Morgan fingerprint density at radius 2 is 2.18 bits per heavy atom. The van der Waals surface area contributed by atoms with E-state index in [0.29, 0.717) is 17.1 Å². The van der Waals surface area contributed by atoms with E-state index < -0.39 is 0 Å². The molecular formula is C19H18N4O2S3. The molecule has 4 aromatic rings. The molecule has 0 spiro atoms. The van der Waals surface area contributed by atoms with Gasteiger partial charge in [-0.25, -0.2) is 9.97 Å². The molecule has 0 radical (unpaired) electrons. The number of nitrogens with zero attached hydrogens (tertiary/aromatic N) is 3. The summed E-state index contributed by atoms with van der Waals surface area (Å²) in [5, 5.41) is 4.80. The molecule has 0 saturated heterocycles. The topological polar surface area (TPSA) is 76.4 Å². The summed E-state index contributed by atoms with van der Waals surface area (Å²) in [5.74, 6) is 0.631. The molecule has 0 saturated carbocycles. The van der Waals surface area contributed by atoms with E-state index in [0.717, 1.165) is 38.8 Å². The molecule has 0 aliphatic carbocycles.